The fraction of sp³-hybridized carbons (Fsp3) is 0.867. The molecule has 0 saturated carbocycles. The normalized spacial score (nSPS) is 10.7. The van der Waals surface area contributed by atoms with Crippen molar-refractivity contribution >= 4 is 46.7 Å². The lowest BCUT2D eigenvalue weighted by Gasteiger charge is -2.06. The second-order valence-corrected chi connectivity index (χ2v) is 6.61. The molecule has 4 nitrogen and oxygen atoms in total. The summed E-state index contributed by atoms with van der Waals surface area (Å²) in [6.07, 6.45) is 7.26. The van der Waals surface area contributed by atoms with Gasteiger partial charge >= 0.3 is 11.9 Å². The zero-order valence-electron chi connectivity index (χ0n) is 12.8. The van der Waals surface area contributed by atoms with Gasteiger partial charge in [-0.1, -0.05) is 25.7 Å². The second-order valence-electron chi connectivity index (χ2n) is 4.96. The van der Waals surface area contributed by atoms with Crippen molar-refractivity contribution < 1.29 is 19.1 Å². The fourth-order valence-electron chi connectivity index (χ4n) is 1.77. The molecule has 0 spiro atoms. The van der Waals surface area contributed by atoms with Crippen LogP contribution in [0.25, 0.3) is 0 Å². The van der Waals surface area contributed by atoms with Gasteiger partial charge in [0.15, 0.2) is 0 Å². The average molecular weight is 376 g/mol. The van der Waals surface area contributed by atoms with Crippen molar-refractivity contribution in [3.63, 3.8) is 0 Å². The molecule has 0 aromatic rings. The Kier molecular flexibility index (Phi) is 15.6. The van der Waals surface area contributed by atoms with E-state index < -0.39 is 10.8 Å². The SMILES string of the molecule is O=C(CCCC(=O)OCC(Cl)Cl)OCCCCCCCCCl. The average Bonchev–Trinajstić information content (AvgIpc) is 2.48. The molecule has 22 heavy (non-hydrogen) atoms. The van der Waals surface area contributed by atoms with Crippen molar-refractivity contribution in [2.75, 3.05) is 19.1 Å². The molecule has 7 heteroatoms. The molecule has 0 amide bonds. The maximum atomic E-state index is 11.4. The summed E-state index contributed by atoms with van der Waals surface area (Å²) in [5.74, 6) is 0.0438. The highest BCUT2D eigenvalue weighted by molar-refractivity contribution is 6.44. The summed E-state index contributed by atoms with van der Waals surface area (Å²) in [5.41, 5.74) is 0. The Bertz CT molecular complexity index is 299. The Labute approximate surface area is 147 Å². The topological polar surface area (TPSA) is 52.6 Å². The van der Waals surface area contributed by atoms with Crippen LogP contribution in [0, 0.1) is 0 Å². The first-order valence-corrected chi connectivity index (χ1v) is 9.12. The number of unbranched alkanes of at least 4 members (excludes halogenated alkanes) is 5. The van der Waals surface area contributed by atoms with Gasteiger partial charge in [0.25, 0.3) is 0 Å². The van der Waals surface area contributed by atoms with Crippen molar-refractivity contribution in [1.29, 1.82) is 0 Å². The Morgan fingerprint density at radius 1 is 0.773 bits per heavy atom. The molecular weight excluding hydrogens is 351 g/mol. The number of hydrogen-bond donors (Lipinski definition) is 0. The molecule has 0 aliphatic carbocycles. The van der Waals surface area contributed by atoms with Gasteiger partial charge in [0.2, 0.25) is 0 Å². The Morgan fingerprint density at radius 2 is 1.32 bits per heavy atom. The van der Waals surface area contributed by atoms with E-state index in [-0.39, 0.29) is 25.4 Å². The summed E-state index contributed by atoms with van der Waals surface area (Å²) in [7, 11) is 0. The largest absolute Gasteiger partial charge is 0.466 e. The number of carbonyl (C=O) groups is 2. The number of carbonyl (C=O) groups excluding carboxylic acids is 2. The molecule has 0 rings (SSSR count). The first-order valence-electron chi connectivity index (χ1n) is 7.71. The molecular formula is C15H25Cl3O4. The molecule has 0 aromatic heterocycles. The van der Waals surface area contributed by atoms with Crippen LogP contribution in [0.2, 0.25) is 0 Å². The molecule has 0 fully saturated rings. The quantitative estimate of drug-likeness (QED) is 0.252. The van der Waals surface area contributed by atoms with Gasteiger partial charge in [-0.3, -0.25) is 9.59 Å². The summed E-state index contributed by atoms with van der Waals surface area (Å²) < 4.78 is 9.87. The molecule has 0 heterocycles. The molecule has 0 saturated heterocycles. The van der Waals surface area contributed by atoms with Gasteiger partial charge in [0.1, 0.15) is 11.4 Å². The maximum Gasteiger partial charge on any atom is 0.305 e. The smallest absolute Gasteiger partial charge is 0.305 e. The Hall–Kier alpha value is -0.190. The predicted octanol–water partition coefficient (Wildman–Crippen LogP) is 4.63. The van der Waals surface area contributed by atoms with E-state index in [0.29, 0.717) is 13.0 Å². The third-order valence-corrected chi connectivity index (χ3v) is 3.44. The van der Waals surface area contributed by atoms with Crippen molar-refractivity contribution in [3.8, 4) is 0 Å². The van der Waals surface area contributed by atoms with Crippen LogP contribution in [0.1, 0.15) is 57.8 Å². The molecule has 0 unspecified atom stereocenters. The van der Waals surface area contributed by atoms with Gasteiger partial charge in [-0.2, -0.15) is 0 Å². The lowest BCUT2D eigenvalue weighted by molar-refractivity contribution is -0.145. The highest BCUT2D eigenvalue weighted by atomic mass is 35.5. The number of halogens is 3. The van der Waals surface area contributed by atoms with Gasteiger partial charge < -0.3 is 9.47 Å². The molecule has 0 atom stereocenters. The zero-order chi connectivity index (χ0) is 16.6. The van der Waals surface area contributed by atoms with E-state index in [1.54, 1.807) is 0 Å². The van der Waals surface area contributed by atoms with Gasteiger partial charge in [0.05, 0.1) is 6.61 Å². The minimum Gasteiger partial charge on any atom is -0.466 e. The predicted molar refractivity (Wildman–Crippen MR) is 89.7 cm³/mol. The lowest BCUT2D eigenvalue weighted by Crippen LogP contribution is -2.11. The summed E-state index contributed by atoms with van der Waals surface area (Å²) in [6.45, 7) is 0.413. The van der Waals surface area contributed by atoms with Crippen LogP contribution in [0.3, 0.4) is 0 Å². The number of alkyl halides is 3. The van der Waals surface area contributed by atoms with Crippen molar-refractivity contribution in [2.45, 2.75) is 62.6 Å². The molecule has 0 aliphatic rings. The van der Waals surface area contributed by atoms with Crippen LogP contribution in [0.15, 0.2) is 0 Å². The van der Waals surface area contributed by atoms with Crippen LogP contribution in [-0.2, 0) is 19.1 Å². The molecule has 0 aromatic carbocycles. The van der Waals surface area contributed by atoms with E-state index in [0.717, 1.165) is 38.0 Å². The van der Waals surface area contributed by atoms with Gasteiger partial charge in [-0.25, -0.2) is 0 Å². The Morgan fingerprint density at radius 3 is 1.91 bits per heavy atom. The Balaban J connectivity index is 3.34. The second kappa shape index (κ2) is 15.7. The minimum atomic E-state index is -0.719. The molecule has 0 aliphatic heterocycles. The molecule has 0 bridgehead atoms. The van der Waals surface area contributed by atoms with E-state index >= 15 is 0 Å². The van der Waals surface area contributed by atoms with E-state index in [1.165, 1.54) is 6.42 Å². The summed E-state index contributed by atoms with van der Waals surface area (Å²) in [5, 5.41) is 0. The van der Waals surface area contributed by atoms with Crippen LogP contribution in [0.5, 0.6) is 0 Å². The maximum absolute atomic E-state index is 11.4. The fourth-order valence-corrected chi connectivity index (χ4v) is 2.08. The third-order valence-electron chi connectivity index (χ3n) is 2.92. The number of esters is 2. The van der Waals surface area contributed by atoms with Crippen LogP contribution >= 0.6 is 34.8 Å². The third kappa shape index (κ3) is 16.2. The van der Waals surface area contributed by atoms with E-state index in [9.17, 15) is 9.59 Å². The lowest BCUT2D eigenvalue weighted by atomic mass is 10.1. The minimum absolute atomic E-state index is 0.0305. The number of rotatable bonds is 14. The molecule has 0 radical (unpaired) electrons. The van der Waals surface area contributed by atoms with E-state index in [1.807, 2.05) is 0 Å². The van der Waals surface area contributed by atoms with E-state index in [2.05, 4.69) is 0 Å². The molecule has 0 N–H and O–H groups in total. The van der Waals surface area contributed by atoms with Gasteiger partial charge in [-0.15, -0.1) is 34.8 Å². The number of ether oxygens (including phenoxy) is 2. The van der Waals surface area contributed by atoms with Gasteiger partial charge in [0, 0.05) is 18.7 Å². The van der Waals surface area contributed by atoms with Crippen LogP contribution in [-0.4, -0.2) is 35.9 Å². The van der Waals surface area contributed by atoms with Crippen molar-refractivity contribution in [3.05, 3.63) is 0 Å². The summed E-state index contributed by atoms with van der Waals surface area (Å²) >= 11 is 16.5. The van der Waals surface area contributed by atoms with Crippen molar-refractivity contribution in [1.82, 2.24) is 0 Å². The first-order chi connectivity index (χ1) is 10.6. The van der Waals surface area contributed by atoms with Gasteiger partial charge in [-0.05, 0) is 19.3 Å². The zero-order valence-corrected chi connectivity index (χ0v) is 15.1. The highest BCUT2D eigenvalue weighted by Crippen LogP contribution is 2.07. The molecule has 130 valence electrons. The van der Waals surface area contributed by atoms with E-state index in [4.69, 9.17) is 44.3 Å². The standard InChI is InChI=1S/C15H25Cl3O4/c16-10-5-3-1-2-4-6-11-21-14(19)8-7-9-15(20)22-12-13(17)18/h13H,1-12H2. The highest BCUT2D eigenvalue weighted by Gasteiger charge is 2.08. The summed E-state index contributed by atoms with van der Waals surface area (Å²) in [6, 6.07) is 0. The van der Waals surface area contributed by atoms with Crippen LogP contribution < -0.4 is 0 Å². The summed E-state index contributed by atoms with van der Waals surface area (Å²) in [4.78, 5) is 22.0. The van der Waals surface area contributed by atoms with Crippen LogP contribution in [0.4, 0.5) is 0 Å². The van der Waals surface area contributed by atoms with Crippen molar-refractivity contribution in [2.24, 2.45) is 0 Å². The monoisotopic (exact) mass is 374 g/mol. The number of hydrogen-bond acceptors (Lipinski definition) is 4. The first kappa shape index (κ1) is 21.8.